The van der Waals surface area contributed by atoms with Crippen LogP contribution in [-0.4, -0.2) is 28.3 Å². The van der Waals surface area contributed by atoms with E-state index >= 15 is 0 Å². The highest BCUT2D eigenvalue weighted by molar-refractivity contribution is 6.00. The summed E-state index contributed by atoms with van der Waals surface area (Å²) in [6.07, 6.45) is 0. The van der Waals surface area contributed by atoms with Gasteiger partial charge in [-0.05, 0) is 51.1 Å². The van der Waals surface area contributed by atoms with Gasteiger partial charge >= 0.3 is 5.97 Å². The van der Waals surface area contributed by atoms with Gasteiger partial charge in [-0.1, -0.05) is 54.6 Å². The van der Waals surface area contributed by atoms with E-state index in [0.29, 0.717) is 22.3 Å². The first-order valence-corrected chi connectivity index (χ1v) is 10.3. The molecule has 32 heavy (non-hydrogen) atoms. The quantitative estimate of drug-likeness (QED) is 0.473. The zero-order valence-corrected chi connectivity index (χ0v) is 18.4. The number of rotatable bonds is 5. The number of benzene rings is 3. The molecular weight excluding hydrogens is 404 g/mol. The molecule has 6 nitrogen and oxygen atoms in total. The Morgan fingerprint density at radius 2 is 1.31 bits per heavy atom. The lowest BCUT2D eigenvalue weighted by Gasteiger charge is -2.35. The first-order chi connectivity index (χ1) is 15.3. The Morgan fingerprint density at radius 3 is 1.91 bits per heavy atom. The van der Waals surface area contributed by atoms with E-state index < -0.39 is 17.4 Å². The molecule has 6 heteroatoms. The van der Waals surface area contributed by atoms with Crippen LogP contribution in [0.2, 0.25) is 0 Å². The minimum Gasteiger partial charge on any atom is -0.457 e. The van der Waals surface area contributed by atoms with Crippen molar-refractivity contribution in [3.05, 3.63) is 107 Å². The molecule has 0 saturated heterocycles. The molecule has 0 unspecified atom stereocenters. The normalized spacial score (nSPS) is 10.8. The zero-order valence-electron chi connectivity index (χ0n) is 18.4. The predicted octanol–water partition coefficient (Wildman–Crippen LogP) is 4.63. The Balaban J connectivity index is 1.78. The number of amides is 2. The van der Waals surface area contributed by atoms with Crippen LogP contribution in [0, 0.1) is 0 Å². The van der Waals surface area contributed by atoms with Gasteiger partial charge in [-0.2, -0.15) is 0 Å². The summed E-state index contributed by atoms with van der Waals surface area (Å²) in [5, 5.41) is 1.32. The lowest BCUT2D eigenvalue weighted by molar-refractivity contribution is 0.0356. The molecule has 0 fully saturated rings. The number of carbonyl (C=O) groups excluding carboxylic acids is 3. The van der Waals surface area contributed by atoms with Gasteiger partial charge in [0, 0.05) is 16.7 Å². The van der Waals surface area contributed by atoms with Crippen LogP contribution in [0.25, 0.3) is 0 Å². The molecule has 0 aliphatic heterocycles. The van der Waals surface area contributed by atoms with Crippen molar-refractivity contribution in [2.75, 3.05) is 0 Å². The monoisotopic (exact) mass is 430 g/mol. The fraction of sp³-hybridized carbons (Fsp3) is 0.192. The second kappa shape index (κ2) is 9.92. The van der Waals surface area contributed by atoms with E-state index in [9.17, 15) is 14.4 Å². The number of nitrogens with zero attached hydrogens (tertiary/aromatic N) is 1. The second-order valence-corrected chi connectivity index (χ2v) is 8.22. The molecule has 0 spiro atoms. The Morgan fingerprint density at radius 1 is 0.781 bits per heavy atom. The van der Waals surface area contributed by atoms with Crippen molar-refractivity contribution in [3.63, 3.8) is 0 Å². The smallest absolute Gasteiger partial charge is 0.338 e. The van der Waals surface area contributed by atoms with Crippen molar-refractivity contribution < 1.29 is 19.1 Å². The summed E-state index contributed by atoms with van der Waals surface area (Å²) >= 11 is 0. The third-order valence-electron chi connectivity index (χ3n) is 4.74. The zero-order chi connectivity index (χ0) is 23.1. The average Bonchev–Trinajstić information content (AvgIpc) is 2.81. The highest BCUT2D eigenvalue weighted by atomic mass is 16.5. The van der Waals surface area contributed by atoms with Gasteiger partial charge < -0.3 is 4.74 Å². The highest BCUT2D eigenvalue weighted by Gasteiger charge is 2.30. The van der Waals surface area contributed by atoms with E-state index in [4.69, 9.17) is 4.74 Å². The SMILES string of the molecule is CC(C)(C)N(NC(=O)c1ccccc1COC(=O)c1ccccc1)C(=O)c1ccccc1. The van der Waals surface area contributed by atoms with Gasteiger partial charge in [-0.3, -0.25) is 15.0 Å². The Kier molecular flexibility index (Phi) is 7.05. The van der Waals surface area contributed by atoms with Crippen LogP contribution >= 0.6 is 0 Å². The maximum atomic E-state index is 13.1. The van der Waals surface area contributed by atoms with Crippen molar-refractivity contribution >= 4 is 17.8 Å². The molecule has 0 atom stereocenters. The summed E-state index contributed by atoms with van der Waals surface area (Å²) in [4.78, 5) is 38.5. The fourth-order valence-electron chi connectivity index (χ4n) is 3.06. The maximum Gasteiger partial charge on any atom is 0.338 e. The van der Waals surface area contributed by atoms with Gasteiger partial charge in [0.15, 0.2) is 0 Å². The van der Waals surface area contributed by atoms with Crippen LogP contribution in [-0.2, 0) is 11.3 Å². The van der Waals surface area contributed by atoms with Crippen LogP contribution in [0.4, 0.5) is 0 Å². The number of hydrogen-bond acceptors (Lipinski definition) is 4. The summed E-state index contributed by atoms with van der Waals surface area (Å²) in [7, 11) is 0. The van der Waals surface area contributed by atoms with Crippen molar-refractivity contribution in [2.24, 2.45) is 0 Å². The van der Waals surface area contributed by atoms with Crippen LogP contribution in [0.1, 0.15) is 57.4 Å². The van der Waals surface area contributed by atoms with Gasteiger partial charge in [-0.15, -0.1) is 0 Å². The van der Waals surface area contributed by atoms with Gasteiger partial charge in [0.1, 0.15) is 6.61 Å². The molecule has 0 saturated carbocycles. The van der Waals surface area contributed by atoms with Crippen molar-refractivity contribution in [2.45, 2.75) is 32.9 Å². The molecule has 0 aliphatic carbocycles. The number of carbonyl (C=O) groups is 3. The van der Waals surface area contributed by atoms with Gasteiger partial charge in [0.2, 0.25) is 0 Å². The minimum absolute atomic E-state index is 0.0700. The third kappa shape index (κ3) is 5.60. The number of hydrogen-bond donors (Lipinski definition) is 1. The van der Waals surface area contributed by atoms with E-state index in [1.165, 1.54) is 5.01 Å². The molecule has 0 aromatic heterocycles. The lowest BCUT2D eigenvalue weighted by Crippen LogP contribution is -2.56. The van der Waals surface area contributed by atoms with E-state index in [2.05, 4.69) is 5.43 Å². The van der Waals surface area contributed by atoms with Crippen LogP contribution < -0.4 is 5.43 Å². The summed E-state index contributed by atoms with van der Waals surface area (Å²) in [6, 6.07) is 24.2. The Hall–Kier alpha value is -3.93. The van der Waals surface area contributed by atoms with E-state index in [0.717, 1.165) is 0 Å². The third-order valence-corrected chi connectivity index (χ3v) is 4.74. The van der Waals surface area contributed by atoms with Crippen LogP contribution in [0.3, 0.4) is 0 Å². The molecule has 3 rings (SSSR count). The minimum atomic E-state index is -0.669. The molecule has 0 radical (unpaired) electrons. The first kappa shape index (κ1) is 22.7. The molecule has 0 aliphatic rings. The summed E-state index contributed by atoms with van der Waals surface area (Å²) < 4.78 is 5.39. The standard InChI is InChI=1S/C26H26N2O4/c1-26(2,3)28(24(30)19-12-6-4-7-13-19)27-23(29)22-17-11-10-16-21(22)18-32-25(31)20-14-8-5-9-15-20/h4-17H,18H2,1-3H3,(H,27,29). The van der Waals surface area contributed by atoms with E-state index in [-0.39, 0.29) is 12.5 Å². The molecule has 0 bridgehead atoms. The highest BCUT2D eigenvalue weighted by Crippen LogP contribution is 2.17. The van der Waals surface area contributed by atoms with Gasteiger partial charge in [0.25, 0.3) is 11.8 Å². The summed E-state index contributed by atoms with van der Waals surface area (Å²) in [5.41, 5.74) is 3.82. The fourth-order valence-corrected chi connectivity index (χ4v) is 3.06. The summed E-state index contributed by atoms with van der Waals surface area (Å²) in [5.74, 6) is -1.26. The van der Waals surface area contributed by atoms with Crippen molar-refractivity contribution in [1.29, 1.82) is 0 Å². The maximum absolute atomic E-state index is 13.1. The molecule has 1 N–H and O–H groups in total. The number of ether oxygens (including phenoxy) is 1. The summed E-state index contributed by atoms with van der Waals surface area (Å²) in [6.45, 7) is 5.43. The van der Waals surface area contributed by atoms with E-state index in [1.54, 1.807) is 72.8 Å². The van der Waals surface area contributed by atoms with Crippen LogP contribution in [0.5, 0.6) is 0 Å². The second-order valence-electron chi connectivity index (χ2n) is 8.22. The predicted molar refractivity (Wildman–Crippen MR) is 122 cm³/mol. The number of nitrogens with one attached hydrogen (secondary N) is 1. The molecule has 0 heterocycles. The van der Waals surface area contributed by atoms with E-state index in [1.807, 2.05) is 32.9 Å². The number of hydrazine groups is 1. The molecule has 164 valence electrons. The van der Waals surface area contributed by atoms with Crippen LogP contribution in [0.15, 0.2) is 84.9 Å². The van der Waals surface area contributed by atoms with Gasteiger partial charge in [-0.25, -0.2) is 9.80 Å². The topological polar surface area (TPSA) is 75.7 Å². The lowest BCUT2D eigenvalue weighted by atomic mass is 10.1. The van der Waals surface area contributed by atoms with Crippen molar-refractivity contribution in [1.82, 2.24) is 10.4 Å². The molecule has 2 amide bonds. The largest absolute Gasteiger partial charge is 0.457 e. The average molecular weight is 431 g/mol. The molecule has 3 aromatic carbocycles. The molecular formula is C26H26N2O4. The van der Waals surface area contributed by atoms with Crippen molar-refractivity contribution in [3.8, 4) is 0 Å². The first-order valence-electron chi connectivity index (χ1n) is 10.3. The number of esters is 1. The Labute approximate surface area is 187 Å². The van der Waals surface area contributed by atoms with Gasteiger partial charge in [0.05, 0.1) is 11.1 Å². The molecule has 3 aromatic rings. The Bertz CT molecular complexity index is 1090.